The predicted octanol–water partition coefficient (Wildman–Crippen LogP) is 3.22. The molecule has 0 aliphatic rings. The van der Waals surface area contributed by atoms with Crippen molar-refractivity contribution in [1.82, 2.24) is 5.32 Å². The molecule has 0 aromatic heterocycles. The van der Waals surface area contributed by atoms with Crippen molar-refractivity contribution in [3.05, 3.63) is 23.8 Å². The van der Waals surface area contributed by atoms with Crippen molar-refractivity contribution in [3.63, 3.8) is 0 Å². The molecule has 0 bridgehead atoms. The summed E-state index contributed by atoms with van der Waals surface area (Å²) in [6.07, 6.45) is 3.30. The van der Waals surface area contributed by atoms with E-state index in [1.807, 2.05) is 6.92 Å². The molecule has 4 nitrogen and oxygen atoms in total. The Labute approximate surface area is 121 Å². The molecule has 1 aromatic carbocycles. The molecule has 20 heavy (non-hydrogen) atoms. The predicted molar refractivity (Wildman–Crippen MR) is 83.0 cm³/mol. The first-order valence-corrected chi connectivity index (χ1v) is 7.35. The Morgan fingerprint density at radius 2 is 2.10 bits per heavy atom. The van der Waals surface area contributed by atoms with Crippen molar-refractivity contribution in [1.29, 1.82) is 0 Å². The van der Waals surface area contributed by atoms with Gasteiger partial charge in [0.25, 0.3) is 5.91 Å². The third-order valence-corrected chi connectivity index (χ3v) is 3.08. The molecule has 1 amide bonds. The van der Waals surface area contributed by atoms with Gasteiger partial charge in [0.1, 0.15) is 11.3 Å². The van der Waals surface area contributed by atoms with Crippen LogP contribution < -0.4 is 15.8 Å². The van der Waals surface area contributed by atoms with E-state index in [4.69, 9.17) is 10.5 Å². The Morgan fingerprint density at radius 1 is 1.35 bits per heavy atom. The Morgan fingerprint density at radius 3 is 2.75 bits per heavy atom. The number of carbonyl (C=O) groups excluding carboxylic acids is 1. The lowest BCUT2D eigenvalue weighted by Crippen LogP contribution is -2.26. The van der Waals surface area contributed by atoms with E-state index in [0.29, 0.717) is 36.1 Å². The molecule has 0 aliphatic carbocycles. The zero-order chi connectivity index (χ0) is 15.0. The summed E-state index contributed by atoms with van der Waals surface area (Å²) in [5.74, 6) is 1.10. The van der Waals surface area contributed by atoms with Crippen LogP contribution in [-0.4, -0.2) is 19.1 Å². The zero-order valence-corrected chi connectivity index (χ0v) is 12.7. The van der Waals surface area contributed by atoms with Crippen molar-refractivity contribution >= 4 is 11.6 Å². The van der Waals surface area contributed by atoms with Gasteiger partial charge in [-0.15, -0.1) is 0 Å². The highest BCUT2D eigenvalue weighted by atomic mass is 16.5. The van der Waals surface area contributed by atoms with Gasteiger partial charge in [0, 0.05) is 12.2 Å². The number of ether oxygens (including phenoxy) is 1. The molecule has 1 rings (SSSR count). The van der Waals surface area contributed by atoms with Crippen molar-refractivity contribution in [2.24, 2.45) is 5.92 Å². The van der Waals surface area contributed by atoms with Crippen LogP contribution in [0.4, 0.5) is 5.69 Å². The van der Waals surface area contributed by atoms with Crippen LogP contribution in [0.15, 0.2) is 18.2 Å². The smallest absolute Gasteiger partial charge is 0.257 e. The minimum Gasteiger partial charge on any atom is -0.493 e. The molecule has 0 saturated carbocycles. The maximum atomic E-state index is 12.2. The zero-order valence-electron chi connectivity index (χ0n) is 12.7. The summed E-state index contributed by atoms with van der Waals surface area (Å²) in [6.45, 7) is 7.48. The highest BCUT2D eigenvalue weighted by molar-refractivity contribution is 6.01. The van der Waals surface area contributed by atoms with E-state index >= 15 is 0 Å². The molecule has 0 unspecified atom stereocenters. The summed E-state index contributed by atoms with van der Waals surface area (Å²) in [7, 11) is 0. The molecular formula is C16H26N2O2. The molecule has 0 fully saturated rings. The highest BCUT2D eigenvalue weighted by Crippen LogP contribution is 2.24. The molecule has 0 aliphatic heterocycles. The second-order valence-electron chi connectivity index (χ2n) is 5.30. The number of unbranched alkanes of at least 4 members (excludes halogenated alkanes) is 1. The lowest BCUT2D eigenvalue weighted by molar-refractivity contribution is 0.0950. The molecule has 1 aromatic rings. The van der Waals surface area contributed by atoms with Gasteiger partial charge in [-0.3, -0.25) is 4.79 Å². The van der Waals surface area contributed by atoms with Crippen molar-refractivity contribution in [2.45, 2.75) is 40.0 Å². The minimum atomic E-state index is -0.156. The summed E-state index contributed by atoms with van der Waals surface area (Å²) in [4.78, 5) is 12.2. The van der Waals surface area contributed by atoms with Gasteiger partial charge in [0.15, 0.2) is 0 Å². The normalized spacial score (nSPS) is 10.6. The fourth-order valence-corrected chi connectivity index (χ4v) is 2.03. The number of rotatable bonds is 8. The lowest BCUT2D eigenvalue weighted by Gasteiger charge is -2.12. The Balaban J connectivity index is 2.54. The number of benzene rings is 1. The maximum Gasteiger partial charge on any atom is 0.257 e. The van der Waals surface area contributed by atoms with Crippen LogP contribution in [0.2, 0.25) is 0 Å². The summed E-state index contributed by atoms with van der Waals surface area (Å²) in [5.41, 5.74) is 6.78. The monoisotopic (exact) mass is 278 g/mol. The van der Waals surface area contributed by atoms with Gasteiger partial charge in [-0.05, 0) is 31.4 Å². The maximum absolute atomic E-state index is 12.2. The number of nitrogens with one attached hydrogen (secondary N) is 1. The summed E-state index contributed by atoms with van der Waals surface area (Å²) < 4.78 is 5.46. The van der Waals surface area contributed by atoms with Gasteiger partial charge in [0.05, 0.1) is 6.61 Å². The van der Waals surface area contributed by atoms with Crippen LogP contribution in [0.3, 0.4) is 0 Å². The number of amides is 1. The van der Waals surface area contributed by atoms with Crippen LogP contribution in [0.25, 0.3) is 0 Å². The molecule has 112 valence electrons. The van der Waals surface area contributed by atoms with Crippen molar-refractivity contribution in [2.75, 3.05) is 18.9 Å². The molecule has 0 saturated heterocycles. The Kier molecular flexibility index (Phi) is 6.91. The first-order valence-electron chi connectivity index (χ1n) is 7.35. The largest absolute Gasteiger partial charge is 0.493 e. The molecule has 0 atom stereocenters. The Hall–Kier alpha value is -1.71. The van der Waals surface area contributed by atoms with E-state index in [9.17, 15) is 4.79 Å². The SMILES string of the molecule is CCOc1cccc(N)c1C(=O)NCCCCC(C)C. The first-order chi connectivity index (χ1) is 9.56. The van der Waals surface area contributed by atoms with Gasteiger partial charge in [0.2, 0.25) is 0 Å². The van der Waals surface area contributed by atoms with Crippen LogP contribution in [0.1, 0.15) is 50.4 Å². The number of nitrogen functional groups attached to an aromatic ring is 1. The van der Waals surface area contributed by atoms with Crippen LogP contribution in [0.5, 0.6) is 5.75 Å². The highest BCUT2D eigenvalue weighted by Gasteiger charge is 2.15. The van der Waals surface area contributed by atoms with Gasteiger partial charge >= 0.3 is 0 Å². The fraction of sp³-hybridized carbons (Fsp3) is 0.562. The minimum absolute atomic E-state index is 0.156. The second kappa shape index (κ2) is 8.46. The average molecular weight is 278 g/mol. The van der Waals surface area contributed by atoms with E-state index in [1.54, 1.807) is 18.2 Å². The third kappa shape index (κ3) is 5.11. The molecule has 0 spiro atoms. The molecular weight excluding hydrogens is 252 g/mol. The standard InChI is InChI=1S/C16H26N2O2/c1-4-20-14-10-7-9-13(17)15(14)16(19)18-11-6-5-8-12(2)3/h7,9-10,12H,4-6,8,11,17H2,1-3H3,(H,18,19). The topological polar surface area (TPSA) is 64.3 Å². The van der Waals surface area contributed by atoms with E-state index in [2.05, 4.69) is 19.2 Å². The van der Waals surface area contributed by atoms with Gasteiger partial charge in [-0.1, -0.05) is 32.8 Å². The molecule has 4 heteroatoms. The van der Waals surface area contributed by atoms with E-state index in [-0.39, 0.29) is 5.91 Å². The fourth-order valence-electron chi connectivity index (χ4n) is 2.03. The number of hydrogen-bond donors (Lipinski definition) is 2. The van der Waals surface area contributed by atoms with Gasteiger partial charge in [-0.25, -0.2) is 0 Å². The van der Waals surface area contributed by atoms with E-state index in [1.165, 1.54) is 6.42 Å². The second-order valence-corrected chi connectivity index (χ2v) is 5.30. The first kappa shape index (κ1) is 16.3. The number of carbonyl (C=O) groups is 1. The summed E-state index contributed by atoms with van der Waals surface area (Å²) >= 11 is 0. The molecule has 3 N–H and O–H groups in total. The van der Waals surface area contributed by atoms with Crippen molar-refractivity contribution < 1.29 is 9.53 Å². The Bertz CT molecular complexity index is 430. The summed E-state index contributed by atoms with van der Waals surface area (Å²) in [5, 5.41) is 2.91. The van der Waals surface area contributed by atoms with Gasteiger partial charge < -0.3 is 15.8 Å². The lowest BCUT2D eigenvalue weighted by atomic mass is 10.1. The van der Waals surface area contributed by atoms with E-state index < -0.39 is 0 Å². The van der Waals surface area contributed by atoms with E-state index in [0.717, 1.165) is 12.8 Å². The number of nitrogens with two attached hydrogens (primary N) is 1. The molecule has 0 radical (unpaired) electrons. The number of anilines is 1. The molecule has 0 heterocycles. The summed E-state index contributed by atoms with van der Waals surface area (Å²) in [6, 6.07) is 5.28. The van der Waals surface area contributed by atoms with Crippen LogP contribution in [-0.2, 0) is 0 Å². The quantitative estimate of drug-likeness (QED) is 0.567. The van der Waals surface area contributed by atoms with Gasteiger partial charge in [-0.2, -0.15) is 0 Å². The van der Waals surface area contributed by atoms with Crippen molar-refractivity contribution in [3.8, 4) is 5.75 Å². The number of hydrogen-bond acceptors (Lipinski definition) is 3. The van der Waals surface area contributed by atoms with Crippen LogP contribution >= 0.6 is 0 Å². The average Bonchev–Trinajstić information content (AvgIpc) is 2.38. The van der Waals surface area contributed by atoms with Crippen LogP contribution in [0, 0.1) is 5.92 Å². The third-order valence-electron chi connectivity index (χ3n) is 3.08.